The predicted octanol–water partition coefficient (Wildman–Crippen LogP) is 1.74. The van der Waals surface area contributed by atoms with E-state index in [4.69, 9.17) is 15.4 Å². The van der Waals surface area contributed by atoms with Gasteiger partial charge in [-0.2, -0.15) is 0 Å². The van der Waals surface area contributed by atoms with E-state index >= 15 is 0 Å². The molecule has 106 valence electrons. The highest BCUT2D eigenvalue weighted by Crippen LogP contribution is 2.30. The summed E-state index contributed by atoms with van der Waals surface area (Å²) in [6.07, 6.45) is 1.33. The third-order valence-electron chi connectivity index (χ3n) is 2.80. The average Bonchev–Trinajstić information content (AvgIpc) is 2.71. The van der Waals surface area contributed by atoms with E-state index in [1.807, 2.05) is 0 Å². The molecular weight excluding hydrogens is 312 g/mol. The smallest absolute Gasteiger partial charge is 0.272 e. The monoisotopic (exact) mass is 324 g/mol. The Morgan fingerprint density at radius 3 is 2.63 bits per heavy atom. The maximum atomic E-state index is 12.0. The van der Waals surface area contributed by atoms with E-state index in [0.29, 0.717) is 31.7 Å². The summed E-state index contributed by atoms with van der Waals surface area (Å²) in [5, 5.41) is 2.89. The van der Waals surface area contributed by atoms with Crippen LogP contribution in [0.25, 0.3) is 0 Å². The molecule has 1 aromatic heterocycles. The van der Waals surface area contributed by atoms with Crippen molar-refractivity contribution in [1.82, 2.24) is 4.98 Å². The topological polar surface area (TPSA) is 85.4 Å². The van der Waals surface area contributed by atoms with E-state index < -0.39 is 9.05 Å². The number of nitrogens with one attached hydrogen (secondary N) is 1. The summed E-state index contributed by atoms with van der Waals surface area (Å²) in [4.78, 5) is 16.0. The Bertz CT molecular complexity index is 578. The van der Waals surface area contributed by atoms with E-state index in [2.05, 4.69) is 10.3 Å². The molecule has 0 saturated carbocycles. The highest BCUT2D eigenvalue weighted by Gasteiger charge is 2.24. The fraction of sp³-hybridized carbons (Fsp3) is 0.600. The number of rotatable bonds is 3. The van der Waals surface area contributed by atoms with Crippen molar-refractivity contribution in [3.8, 4) is 0 Å². The van der Waals surface area contributed by atoms with Gasteiger partial charge < -0.3 is 10.1 Å². The Morgan fingerprint density at radius 1 is 1.47 bits per heavy atom. The van der Waals surface area contributed by atoms with Crippen molar-refractivity contribution in [2.75, 3.05) is 18.5 Å². The summed E-state index contributed by atoms with van der Waals surface area (Å²) in [5.74, 6) is -0.274. The molecule has 1 saturated heterocycles. The number of hydrogen-bond donors (Lipinski definition) is 1. The van der Waals surface area contributed by atoms with E-state index in [9.17, 15) is 13.2 Å². The quantitative estimate of drug-likeness (QED) is 0.856. The van der Waals surface area contributed by atoms with Gasteiger partial charge in [0.05, 0.1) is 5.69 Å². The number of ether oxygens (including phenoxy) is 1. The Hall–Kier alpha value is -0.700. The zero-order chi connectivity index (χ0) is 14.0. The lowest BCUT2D eigenvalue weighted by molar-refractivity contribution is -0.122. The Labute approximate surface area is 119 Å². The number of thiazole rings is 1. The van der Waals surface area contributed by atoms with Crippen LogP contribution in [0.5, 0.6) is 0 Å². The lowest BCUT2D eigenvalue weighted by atomic mass is 10.00. The maximum absolute atomic E-state index is 12.0. The number of amides is 1. The third kappa shape index (κ3) is 3.65. The van der Waals surface area contributed by atoms with E-state index in [0.717, 1.165) is 11.3 Å². The van der Waals surface area contributed by atoms with Crippen molar-refractivity contribution >= 4 is 42.1 Å². The van der Waals surface area contributed by atoms with Crippen molar-refractivity contribution < 1.29 is 17.9 Å². The van der Waals surface area contributed by atoms with Crippen LogP contribution in [0.1, 0.15) is 18.5 Å². The molecule has 9 heteroatoms. The summed E-state index contributed by atoms with van der Waals surface area (Å²) in [5.41, 5.74) is 0.294. The first kappa shape index (κ1) is 14.7. The molecule has 0 bridgehead atoms. The number of aryl methyl sites for hydroxylation is 1. The first-order chi connectivity index (χ1) is 8.88. The molecule has 0 atom stereocenters. The number of nitrogens with zero attached hydrogens (tertiary/aromatic N) is 1. The van der Waals surface area contributed by atoms with E-state index in [1.165, 1.54) is 6.92 Å². The number of anilines is 1. The molecule has 0 aliphatic carbocycles. The summed E-state index contributed by atoms with van der Waals surface area (Å²) in [7, 11) is 1.46. The van der Waals surface area contributed by atoms with Gasteiger partial charge in [-0.1, -0.05) is 11.3 Å². The normalized spacial score (nSPS) is 17.4. The lowest BCUT2D eigenvalue weighted by Crippen LogP contribution is -2.28. The van der Waals surface area contributed by atoms with Gasteiger partial charge in [0.1, 0.15) is 0 Å². The largest absolute Gasteiger partial charge is 0.381 e. The number of carbonyl (C=O) groups is 1. The fourth-order valence-corrected chi connectivity index (χ4v) is 4.18. The number of carbonyl (C=O) groups excluding carboxylic acids is 1. The maximum Gasteiger partial charge on any atom is 0.272 e. The molecule has 0 radical (unpaired) electrons. The third-order valence-corrected chi connectivity index (χ3v) is 6.05. The molecule has 0 unspecified atom stereocenters. The van der Waals surface area contributed by atoms with Crippen LogP contribution < -0.4 is 5.32 Å². The molecule has 1 amide bonds. The first-order valence-corrected chi connectivity index (χ1v) is 8.81. The van der Waals surface area contributed by atoms with Crippen molar-refractivity contribution in [1.29, 1.82) is 0 Å². The second-order valence-corrected chi connectivity index (χ2v) is 7.97. The zero-order valence-electron chi connectivity index (χ0n) is 10.2. The summed E-state index contributed by atoms with van der Waals surface area (Å²) in [6.45, 7) is 2.67. The Morgan fingerprint density at radius 2 is 2.11 bits per heavy atom. The van der Waals surface area contributed by atoms with E-state index in [1.54, 1.807) is 0 Å². The van der Waals surface area contributed by atoms with Crippen molar-refractivity contribution in [2.45, 2.75) is 24.0 Å². The molecule has 1 N–H and O–H groups in total. The Kier molecular flexibility index (Phi) is 4.44. The predicted molar refractivity (Wildman–Crippen MR) is 72.1 cm³/mol. The van der Waals surface area contributed by atoms with Crippen LogP contribution in [0.3, 0.4) is 0 Å². The van der Waals surface area contributed by atoms with Crippen LogP contribution in [0, 0.1) is 12.8 Å². The van der Waals surface area contributed by atoms with Crippen molar-refractivity contribution in [3.05, 3.63) is 5.69 Å². The van der Waals surface area contributed by atoms with Gasteiger partial charge in [0.25, 0.3) is 9.05 Å². The number of aromatic nitrogens is 1. The molecule has 1 aromatic rings. The highest BCUT2D eigenvalue weighted by atomic mass is 35.7. The summed E-state index contributed by atoms with van der Waals surface area (Å²) < 4.78 is 27.7. The SMILES string of the molecule is Cc1nc(NC(=O)C2CCOCC2)sc1S(=O)(=O)Cl. The van der Waals surface area contributed by atoms with Gasteiger partial charge in [0.2, 0.25) is 5.91 Å². The average molecular weight is 325 g/mol. The number of hydrogen-bond acceptors (Lipinski definition) is 6. The molecule has 2 rings (SSSR count). The number of halogens is 1. The highest BCUT2D eigenvalue weighted by molar-refractivity contribution is 8.15. The first-order valence-electron chi connectivity index (χ1n) is 5.68. The van der Waals surface area contributed by atoms with Crippen LogP contribution in [0.4, 0.5) is 5.13 Å². The molecule has 2 heterocycles. The van der Waals surface area contributed by atoms with Crippen LogP contribution in [-0.2, 0) is 18.6 Å². The zero-order valence-corrected chi connectivity index (χ0v) is 12.6. The Balaban J connectivity index is 2.09. The molecule has 6 nitrogen and oxygen atoms in total. The lowest BCUT2D eigenvalue weighted by Gasteiger charge is -2.20. The summed E-state index contributed by atoms with van der Waals surface area (Å²) in [6, 6.07) is 0. The van der Waals surface area contributed by atoms with Gasteiger partial charge in [0.15, 0.2) is 9.34 Å². The van der Waals surface area contributed by atoms with Crippen LogP contribution >= 0.6 is 22.0 Å². The van der Waals surface area contributed by atoms with Gasteiger partial charge in [-0.05, 0) is 19.8 Å². The summed E-state index contributed by atoms with van der Waals surface area (Å²) >= 11 is 0.865. The van der Waals surface area contributed by atoms with Crippen LogP contribution in [0.2, 0.25) is 0 Å². The van der Waals surface area contributed by atoms with E-state index in [-0.39, 0.29) is 21.2 Å². The fourth-order valence-electron chi connectivity index (χ4n) is 1.83. The molecule has 1 aliphatic rings. The minimum Gasteiger partial charge on any atom is -0.381 e. The van der Waals surface area contributed by atoms with Gasteiger partial charge >= 0.3 is 0 Å². The van der Waals surface area contributed by atoms with Crippen LogP contribution in [0.15, 0.2) is 4.21 Å². The molecule has 1 aliphatic heterocycles. The molecule has 0 aromatic carbocycles. The van der Waals surface area contributed by atoms with Crippen molar-refractivity contribution in [3.63, 3.8) is 0 Å². The molecular formula is C10H13ClN2O4S2. The van der Waals surface area contributed by atoms with Gasteiger partial charge in [-0.25, -0.2) is 13.4 Å². The van der Waals surface area contributed by atoms with Crippen LogP contribution in [-0.4, -0.2) is 32.5 Å². The standard InChI is InChI=1S/C10H13ClN2O4S2/c1-6-9(19(11,15)16)18-10(12-6)13-8(14)7-2-4-17-5-3-7/h7H,2-5H2,1H3,(H,12,13,14). The van der Waals surface area contributed by atoms with Gasteiger partial charge in [-0.15, -0.1) is 0 Å². The van der Waals surface area contributed by atoms with Crippen molar-refractivity contribution in [2.24, 2.45) is 5.92 Å². The minimum atomic E-state index is -3.82. The second kappa shape index (κ2) is 5.74. The molecule has 19 heavy (non-hydrogen) atoms. The van der Waals surface area contributed by atoms with Gasteiger partial charge in [-0.3, -0.25) is 4.79 Å². The molecule has 1 fully saturated rings. The van der Waals surface area contributed by atoms with Gasteiger partial charge in [0, 0.05) is 29.8 Å². The minimum absolute atomic E-state index is 0.0311. The molecule has 0 spiro atoms. The second-order valence-electron chi connectivity index (χ2n) is 4.21.